The van der Waals surface area contributed by atoms with Gasteiger partial charge in [0.2, 0.25) is 0 Å². The SMILES string of the molecule is CCCOCC(=O)[C@@]1(OCCC)CC[C@H]2[C@@H]3CCC4=CC(=O)CC[C@]4(C)[C@H]3CC[C@@]21C. The van der Waals surface area contributed by atoms with Gasteiger partial charge in [0.15, 0.2) is 11.6 Å². The molecule has 0 saturated heterocycles. The zero-order valence-electron chi connectivity index (χ0n) is 20.1. The molecule has 174 valence electrons. The fourth-order valence-corrected chi connectivity index (χ4v) is 8.04. The highest BCUT2D eigenvalue weighted by molar-refractivity contribution is 5.92. The molecule has 0 aromatic rings. The van der Waals surface area contributed by atoms with Crippen LogP contribution in [0.2, 0.25) is 0 Å². The minimum absolute atomic E-state index is 0.113. The largest absolute Gasteiger partial charge is 0.374 e. The number of carbonyl (C=O) groups excluding carboxylic acids is 2. The number of ether oxygens (including phenoxy) is 2. The highest BCUT2D eigenvalue weighted by atomic mass is 16.5. The molecule has 6 atom stereocenters. The van der Waals surface area contributed by atoms with Gasteiger partial charge >= 0.3 is 0 Å². The van der Waals surface area contributed by atoms with Crippen molar-refractivity contribution >= 4 is 11.6 Å². The van der Waals surface area contributed by atoms with Gasteiger partial charge in [0, 0.05) is 25.0 Å². The van der Waals surface area contributed by atoms with Crippen LogP contribution in [0.5, 0.6) is 0 Å². The number of Topliss-reactive ketones (excluding diaryl/α,β-unsaturated/α-hetero) is 1. The molecule has 4 aliphatic carbocycles. The van der Waals surface area contributed by atoms with Crippen LogP contribution in [-0.2, 0) is 19.1 Å². The number of fused-ring (bicyclic) bond motifs is 5. The van der Waals surface area contributed by atoms with Crippen LogP contribution >= 0.6 is 0 Å². The van der Waals surface area contributed by atoms with Crippen LogP contribution < -0.4 is 0 Å². The molecule has 4 rings (SSSR count). The molecule has 0 aromatic heterocycles. The molecule has 31 heavy (non-hydrogen) atoms. The first-order chi connectivity index (χ1) is 14.8. The predicted molar refractivity (Wildman–Crippen MR) is 122 cm³/mol. The molecule has 0 radical (unpaired) electrons. The van der Waals surface area contributed by atoms with Gasteiger partial charge in [-0.25, -0.2) is 0 Å². The third kappa shape index (κ3) is 3.57. The van der Waals surface area contributed by atoms with Crippen LogP contribution in [0.25, 0.3) is 0 Å². The van der Waals surface area contributed by atoms with Crippen LogP contribution in [0.3, 0.4) is 0 Å². The summed E-state index contributed by atoms with van der Waals surface area (Å²) in [5, 5.41) is 0. The van der Waals surface area contributed by atoms with Crippen molar-refractivity contribution < 1.29 is 19.1 Å². The Morgan fingerprint density at radius 2 is 1.74 bits per heavy atom. The lowest BCUT2D eigenvalue weighted by Gasteiger charge is -2.59. The molecular formula is C27H42O4. The van der Waals surface area contributed by atoms with E-state index in [1.165, 1.54) is 5.57 Å². The molecule has 0 unspecified atom stereocenters. The maximum atomic E-state index is 13.6. The van der Waals surface area contributed by atoms with Gasteiger partial charge in [-0.15, -0.1) is 0 Å². The topological polar surface area (TPSA) is 52.6 Å². The lowest BCUT2D eigenvalue weighted by molar-refractivity contribution is -0.181. The van der Waals surface area contributed by atoms with E-state index in [4.69, 9.17) is 9.47 Å². The van der Waals surface area contributed by atoms with Gasteiger partial charge in [-0.2, -0.15) is 0 Å². The minimum atomic E-state index is -0.689. The van der Waals surface area contributed by atoms with E-state index in [2.05, 4.69) is 27.7 Å². The number of hydrogen-bond donors (Lipinski definition) is 0. The predicted octanol–water partition coefficient (Wildman–Crippen LogP) is 5.68. The maximum Gasteiger partial charge on any atom is 0.190 e. The molecule has 0 heterocycles. The van der Waals surface area contributed by atoms with Crippen molar-refractivity contribution in [1.29, 1.82) is 0 Å². The standard InChI is InChI=1S/C27H42O4/c1-5-15-30-18-24(29)27(31-16-6-2)14-11-23-21-8-7-19-17-20(28)9-12-25(19,3)22(21)10-13-26(23,27)4/h17,21-23H,5-16,18H2,1-4H3/t21-,22+,23+,25+,26+,27+/m1/s1. The fraction of sp³-hybridized carbons (Fsp3) is 0.852. The molecule has 0 aromatic carbocycles. The highest BCUT2D eigenvalue weighted by Crippen LogP contribution is 2.68. The number of rotatable bonds is 8. The Balaban J connectivity index is 1.62. The van der Waals surface area contributed by atoms with E-state index >= 15 is 0 Å². The summed E-state index contributed by atoms with van der Waals surface area (Å²) < 4.78 is 12.3. The first kappa shape index (κ1) is 23.2. The van der Waals surface area contributed by atoms with Gasteiger partial charge in [-0.1, -0.05) is 33.3 Å². The Morgan fingerprint density at radius 3 is 2.48 bits per heavy atom. The first-order valence-corrected chi connectivity index (χ1v) is 12.8. The third-order valence-electron chi connectivity index (χ3n) is 9.67. The second-order valence-electron chi connectivity index (χ2n) is 11.1. The Kier molecular flexibility index (Phi) is 6.53. The Hall–Kier alpha value is -1.00. The molecule has 4 aliphatic rings. The van der Waals surface area contributed by atoms with Crippen molar-refractivity contribution in [2.24, 2.45) is 28.6 Å². The zero-order chi connectivity index (χ0) is 22.3. The average Bonchev–Trinajstić information content (AvgIpc) is 3.06. The van der Waals surface area contributed by atoms with Gasteiger partial charge in [0.05, 0.1) is 0 Å². The van der Waals surface area contributed by atoms with E-state index in [9.17, 15) is 9.59 Å². The van der Waals surface area contributed by atoms with E-state index in [0.29, 0.717) is 43.2 Å². The van der Waals surface area contributed by atoms with Crippen molar-refractivity contribution in [2.75, 3.05) is 19.8 Å². The molecule has 3 fully saturated rings. The summed E-state index contributed by atoms with van der Waals surface area (Å²) in [5.41, 5.74) is 0.774. The maximum absolute atomic E-state index is 13.6. The number of ketones is 2. The summed E-state index contributed by atoms with van der Waals surface area (Å²) >= 11 is 0. The number of hydrogen-bond acceptors (Lipinski definition) is 4. The van der Waals surface area contributed by atoms with E-state index in [0.717, 1.165) is 57.8 Å². The summed E-state index contributed by atoms with van der Waals surface area (Å²) in [6.07, 6.45) is 11.8. The van der Waals surface area contributed by atoms with E-state index in [1.807, 2.05) is 6.08 Å². The van der Waals surface area contributed by atoms with Crippen molar-refractivity contribution in [3.05, 3.63) is 11.6 Å². The summed E-state index contributed by atoms with van der Waals surface area (Å²) in [7, 11) is 0. The minimum Gasteiger partial charge on any atom is -0.374 e. The highest BCUT2D eigenvalue weighted by Gasteiger charge is 2.67. The van der Waals surface area contributed by atoms with Crippen LogP contribution in [0.15, 0.2) is 11.6 Å². The molecule has 0 spiro atoms. The van der Waals surface area contributed by atoms with Crippen LogP contribution in [0, 0.1) is 28.6 Å². The fourth-order valence-electron chi connectivity index (χ4n) is 8.04. The van der Waals surface area contributed by atoms with Crippen molar-refractivity contribution in [3.8, 4) is 0 Å². The summed E-state index contributed by atoms with van der Waals surface area (Å²) in [5.74, 6) is 2.27. The smallest absolute Gasteiger partial charge is 0.190 e. The molecule has 4 heteroatoms. The summed E-state index contributed by atoms with van der Waals surface area (Å²) in [6.45, 7) is 10.4. The normalized spacial score (nSPS) is 41.9. The number of carbonyl (C=O) groups is 2. The number of allylic oxidation sites excluding steroid dienone is 1. The van der Waals surface area contributed by atoms with Gasteiger partial charge in [0.1, 0.15) is 12.2 Å². The van der Waals surface area contributed by atoms with Crippen LogP contribution in [0.1, 0.15) is 91.9 Å². The Morgan fingerprint density at radius 1 is 1.00 bits per heavy atom. The van der Waals surface area contributed by atoms with Gasteiger partial charge in [0.25, 0.3) is 0 Å². The van der Waals surface area contributed by atoms with Crippen LogP contribution in [-0.4, -0.2) is 37.0 Å². The molecule has 0 aliphatic heterocycles. The van der Waals surface area contributed by atoms with Crippen molar-refractivity contribution in [2.45, 2.75) is 97.5 Å². The van der Waals surface area contributed by atoms with Gasteiger partial charge in [-0.3, -0.25) is 9.59 Å². The average molecular weight is 431 g/mol. The monoisotopic (exact) mass is 430 g/mol. The zero-order valence-corrected chi connectivity index (χ0v) is 20.1. The Labute approximate surface area is 188 Å². The van der Waals surface area contributed by atoms with E-state index < -0.39 is 5.60 Å². The Bertz CT molecular complexity index is 742. The molecule has 0 bridgehead atoms. The first-order valence-electron chi connectivity index (χ1n) is 12.8. The summed E-state index contributed by atoms with van der Waals surface area (Å²) in [4.78, 5) is 25.7. The molecule has 0 N–H and O–H groups in total. The van der Waals surface area contributed by atoms with E-state index in [1.54, 1.807) is 0 Å². The molecule has 0 amide bonds. The van der Waals surface area contributed by atoms with Crippen LogP contribution in [0.4, 0.5) is 0 Å². The second kappa shape index (κ2) is 8.74. The summed E-state index contributed by atoms with van der Waals surface area (Å²) in [6, 6.07) is 0. The molecular weight excluding hydrogens is 388 g/mol. The van der Waals surface area contributed by atoms with Gasteiger partial charge in [-0.05, 0) is 87.0 Å². The van der Waals surface area contributed by atoms with Gasteiger partial charge < -0.3 is 9.47 Å². The second-order valence-corrected chi connectivity index (χ2v) is 11.1. The molecule has 3 saturated carbocycles. The van der Waals surface area contributed by atoms with Crippen molar-refractivity contribution in [3.63, 3.8) is 0 Å². The van der Waals surface area contributed by atoms with E-state index in [-0.39, 0.29) is 23.2 Å². The quantitative estimate of drug-likeness (QED) is 0.465. The lowest BCUT2D eigenvalue weighted by atomic mass is 9.46. The lowest BCUT2D eigenvalue weighted by Crippen LogP contribution is -2.59. The van der Waals surface area contributed by atoms with Crippen molar-refractivity contribution in [1.82, 2.24) is 0 Å². The third-order valence-corrected chi connectivity index (χ3v) is 9.67. The molecule has 4 nitrogen and oxygen atoms in total.